The van der Waals surface area contributed by atoms with E-state index in [1.54, 1.807) is 0 Å². The van der Waals surface area contributed by atoms with Crippen LogP contribution in [0.5, 0.6) is 5.75 Å². The number of hydrogen-bond donors (Lipinski definition) is 6. The maximum Gasteiger partial charge on any atom is 0.321 e. The molecule has 0 radical (unpaired) electrons. The predicted octanol–water partition coefficient (Wildman–Crippen LogP) is 0.570. The molecule has 7 N–H and O–H groups in total. The number of phenols is 1. The molecular weight excluding hydrogens is 454 g/mol. The van der Waals surface area contributed by atoms with E-state index in [2.05, 4.69) is 10.2 Å². The van der Waals surface area contributed by atoms with Crippen LogP contribution in [-0.2, 0) is 21.4 Å². The standard InChI is InChI=1S/C25H33N3O7/c26-22(32)16-4-3-14-9-18-25(35)6-5-15(27-17(23(33)34)10-19(29)30)11-24(25,20(14)21(16)31)7-8-28(18)12-13-1-2-13/h3-4,13,15,17-18,27,31,35H,1-2,5-12H2,(H2,26,32)(H,29,30)(H,33,34)/t15-,17?,18+,24+,25-/m1/s1. The number of nitrogens with one attached hydrogen (secondary N) is 1. The second-order valence-electron chi connectivity index (χ2n) is 10.9. The Morgan fingerprint density at radius 2 is 1.91 bits per heavy atom. The van der Waals surface area contributed by atoms with Crippen molar-refractivity contribution in [1.29, 1.82) is 0 Å². The van der Waals surface area contributed by atoms with Crippen LogP contribution in [0, 0.1) is 5.92 Å². The van der Waals surface area contributed by atoms with Gasteiger partial charge in [-0.1, -0.05) is 6.07 Å². The van der Waals surface area contributed by atoms with Gasteiger partial charge in [-0.25, -0.2) is 0 Å². The molecule has 1 heterocycles. The summed E-state index contributed by atoms with van der Waals surface area (Å²) in [6, 6.07) is 1.54. The minimum Gasteiger partial charge on any atom is -0.507 e. The summed E-state index contributed by atoms with van der Waals surface area (Å²) in [4.78, 5) is 37.4. The van der Waals surface area contributed by atoms with Crippen molar-refractivity contribution in [2.75, 3.05) is 13.1 Å². The number of rotatable bonds is 8. The number of benzene rings is 1. The van der Waals surface area contributed by atoms with E-state index in [0.29, 0.717) is 50.1 Å². The summed E-state index contributed by atoms with van der Waals surface area (Å²) in [7, 11) is 0. The minimum atomic E-state index is -1.26. The van der Waals surface area contributed by atoms with Gasteiger partial charge in [0.15, 0.2) is 0 Å². The molecule has 5 rings (SSSR count). The van der Waals surface area contributed by atoms with Crippen LogP contribution in [0.1, 0.15) is 66.4 Å². The van der Waals surface area contributed by atoms with Crippen LogP contribution in [0.2, 0.25) is 0 Å². The van der Waals surface area contributed by atoms with Gasteiger partial charge in [0.2, 0.25) is 0 Å². The molecule has 0 aromatic heterocycles. The van der Waals surface area contributed by atoms with Crippen molar-refractivity contribution < 1.29 is 34.8 Å². The first-order chi connectivity index (χ1) is 16.6. The molecule has 5 atom stereocenters. The molecule has 1 unspecified atom stereocenters. The lowest BCUT2D eigenvalue weighted by Gasteiger charge is -2.65. The number of fused-ring (bicyclic) bond motifs is 1. The SMILES string of the molecule is NC(=O)c1ccc2c(c1O)[C@@]13CCN(CC4CC4)[C@@H](C2)[C@]1(O)CC[C@@H](NC(CC(=O)O)C(=O)O)C3. The number of carbonyl (C=O) groups is 3. The summed E-state index contributed by atoms with van der Waals surface area (Å²) in [5.41, 5.74) is 4.84. The van der Waals surface area contributed by atoms with Crippen molar-refractivity contribution in [3.05, 3.63) is 28.8 Å². The Morgan fingerprint density at radius 1 is 1.17 bits per heavy atom. The summed E-state index contributed by atoms with van der Waals surface area (Å²) in [6.45, 7) is 1.64. The zero-order valence-electron chi connectivity index (χ0n) is 19.6. The number of aromatic hydroxyl groups is 1. The third-order valence-corrected chi connectivity index (χ3v) is 8.84. The molecule has 35 heavy (non-hydrogen) atoms. The molecule has 1 aliphatic heterocycles. The minimum absolute atomic E-state index is 0.00343. The van der Waals surface area contributed by atoms with Gasteiger partial charge in [-0.05, 0) is 69.0 Å². The number of aliphatic hydroxyl groups is 1. The first-order valence-electron chi connectivity index (χ1n) is 12.4. The second kappa shape index (κ2) is 8.46. The Balaban J connectivity index is 1.56. The van der Waals surface area contributed by atoms with Gasteiger partial charge in [0.1, 0.15) is 11.8 Å². The molecule has 3 aliphatic carbocycles. The highest BCUT2D eigenvalue weighted by Crippen LogP contribution is 2.60. The van der Waals surface area contributed by atoms with Gasteiger partial charge in [-0.15, -0.1) is 0 Å². The van der Waals surface area contributed by atoms with Crippen molar-refractivity contribution in [1.82, 2.24) is 10.2 Å². The van der Waals surface area contributed by atoms with Gasteiger partial charge < -0.3 is 31.5 Å². The van der Waals surface area contributed by atoms with Gasteiger partial charge in [0, 0.05) is 29.6 Å². The molecule has 1 aromatic carbocycles. The first-order valence-corrected chi connectivity index (χ1v) is 12.4. The lowest BCUT2D eigenvalue weighted by Crippen LogP contribution is -2.74. The Hall–Kier alpha value is -2.69. The molecule has 190 valence electrons. The normalized spacial score (nSPS) is 32.8. The lowest BCUT2D eigenvalue weighted by molar-refractivity contribution is -0.172. The number of hydrogen-bond acceptors (Lipinski definition) is 7. The molecule has 2 bridgehead atoms. The highest BCUT2D eigenvalue weighted by Gasteiger charge is 2.65. The van der Waals surface area contributed by atoms with E-state index in [4.69, 9.17) is 10.8 Å². The average molecular weight is 488 g/mol. The first kappa shape index (κ1) is 24.0. The second-order valence-corrected chi connectivity index (χ2v) is 10.9. The molecule has 10 heteroatoms. The maximum absolute atomic E-state index is 12.4. The van der Waals surface area contributed by atoms with Crippen molar-refractivity contribution in [2.45, 2.75) is 80.5 Å². The van der Waals surface area contributed by atoms with Crippen LogP contribution in [0.25, 0.3) is 0 Å². The monoisotopic (exact) mass is 487 g/mol. The van der Waals surface area contributed by atoms with Gasteiger partial charge in [0.25, 0.3) is 5.91 Å². The number of likely N-dealkylation sites (tertiary alicyclic amines) is 1. The van der Waals surface area contributed by atoms with E-state index in [0.717, 1.165) is 12.1 Å². The number of nitrogens with two attached hydrogens (primary N) is 1. The van der Waals surface area contributed by atoms with Crippen molar-refractivity contribution in [3.63, 3.8) is 0 Å². The molecular formula is C25H33N3O7. The molecule has 2 saturated carbocycles. The van der Waals surface area contributed by atoms with Crippen molar-refractivity contribution in [2.24, 2.45) is 11.7 Å². The number of carboxylic acids is 2. The van der Waals surface area contributed by atoms with E-state index in [1.165, 1.54) is 18.9 Å². The fraction of sp³-hybridized carbons (Fsp3) is 0.640. The Bertz CT molecular complexity index is 1070. The van der Waals surface area contributed by atoms with E-state index in [1.807, 2.05) is 6.07 Å². The van der Waals surface area contributed by atoms with E-state index in [-0.39, 0.29) is 23.4 Å². The largest absolute Gasteiger partial charge is 0.507 e. The van der Waals surface area contributed by atoms with Crippen LogP contribution < -0.4 is 11.1 Å². The molecule has 10 nitrogen and oxygen atoms in total. The Kier molecular flexibility index (Phi) is 5.81. The highest BCUT2D eigenvalue weighted by molar-refractivity contribution is 5.96. The number of primary amides is 1. The maximum atomic E-state index is 12.4. The van der Waals surface area contributed by atoms with E-state index < -0.39 is 41.3 Å². The Labute approximate surface area is 203 Å². The number of carboxylic acid groups (broad SMARTS) is 2. The summed E-state index contributed by atoms with van der Waals surface area (Å²) >= 11 is 0. The van der Waals surface area contributed by atoms with Crippen LogP contribution in [0.3, 0.4) is 0 Å². The number of nitrogens with zero attached hydrogens (tertiary/aromatic N) is 1. The van der Waals surface area contributed by atoms with Gasteiger partial charge in [0.05, 0.1) is 17.6 Å². The summed E-state index contributed by atoms with van der Waals surface area (Å²) in [5, 5.41) is 45.3. The fourth-order valence-corrected chi connectivity index (χ4v) is 7.08. The molecule has 0 spiro atoms. The fourth-order valence-electron chi connectivity index (χ4n) is 7.08. The third-order valence-electron chi connectivity index (χ3n) is 8.84. The van der Waals surface area contributed by atoms with E-state index >= 15 is 0 Å². The van der Waals surface area contributed by atoms with Crippen LogP contribution >= 0.6 is 0 Å². The van der Waals surface area contributed by atoms with E-state index in [9.17, 15) is 29.7 Å². The average Bonchev–Trinajstić information content (AvgIpc) is 3.59. The molecule has 1 saturated heterocycles. The molecule has 3 fully saturated rings. The summed E-state index contributed by atoms with van der Waals surface area (Å²) in [5.74, 6) is -2.77. The van der Waals surface area contributed by atoms with Crippen molar-refractivity contribution >= 4 is 17.8 Å². The number of amides is 1. The lowest BCUT2D eigenvalue weighted by atomic mass is 9.48. The summed E-state index contributed by atoms with van der Waals surface area (Å²) < 4.78 is 0. The van der Waals surface area contributed by atoms with Crippen molar-refractivity contribution in [3.8, 4) is 5.75 Å². The molecule has 4 aliphatic rings. The zero-order chi connectivity index (χ0) is 25.1. The molecule has 1 aromatic rings. The predicted molar refractivity (Wildman–Crippen MR) is 124 cm³/mol. The van der Waals surface area contributed by atoms with Gasteiger partial charge in [-0.3, -0.25) is 19.3 Å². The third kappa shape index (κ3) is 3.88. The highest BCUT2D eigenvalue weighted by atomic mass is 16.4. The number of piperidine rings is 1. The van der Waals surface area contributed by atoms with Gasteiger partial charge >= 0.3 is 11.9 Å². The summed E-state index contributed by atoms with van der Waals surface area (Å²) in [6.07, 6.45) is 4.07. The zero-order valence-corrected chi connectivity index (χ0v) is 19.6. The van der Waals surface area contributed by atoms with Gasteiger partial charge in [-0.2, -0.15) is 0 Å². The number of aliphatic carboxylic acids is 2. The van der Waals surface area contributed by atoms with Crippen LogP contribution in [-0.4, -0.2) is 80.0 Å². The van der Waals surface area contributed by atoms with Crippen LogP contribution in [0.4, 0.5) is 0 Å². The molecule has 1 amide bonds. The number of carbonyl (C=O) groups excluding carboxylic acids is 1. The smallest absolute Gasteiger partial charge is 0.321 e. The quantitative estimate of drug-likeness (QED) is 0.306. The Morgan fingerprint density at radius 3 is 2.54 bits per heavy atom. The van der Waals surface area contributed by atoms with Crippen LogP contribution in [0.15, 0.2) is 12.1 Å². The topological polar surface area (TPSA) is 173 Å².